The van der Waals surface area contributed by atoms with Crippen LogP contribution in [-0.4, -0.2) is 44.2 Å². The molecule has 112 valence electrons. The minimum Gasteiger partial charge on any atom is -0.468 e. The quantitative estimate of drug-likeness (QED) is 0.864. The summed E-state index contributed by atoms with van der Waals surface area (Å²) in [4.78, 5) is 14.0. The molecule has 0 radical (unpaired) electrons. The molecule has 6 heteroatoms. The van der Waals surface area contributed by atoms with Crippen molar-refractivity contribution in [1.29, 1.82) is 0 Å². The summed E-state index contributed by atoms with van der Waals surface area (Å²) in [5, 5.41) is 3.27. The zero-order chi connectivity index (χ0) is 13.7. The maximum atomic E-state index is 13.9. The van der Waals surface area contributed by atoms with Crippen LogP contribution in [0.15, 0.2) is 24.3 Å². The lowest BCUT2D eigenvalue weighted by Crippen LogP contribution is -2.37. The number of hydrogen-bond acceptors (Lipinski definition) is 4. The van der Waals surface area contributed by atoms with Gasteiger partial charge in [-0.15, -0.1) is 12.4 Å². The van der Waals surface area contributed by atoms with Crippen LogP contribution >= 0.6 is 12.4 Å². The lowest BCUT2D eigenvalue weighted by atomic mass is 10.0. The minimum atomic E-state index is -0.661. The summed E-state index contributed by atoms with van der Waals surface area (Å²) in [7, 11) is 1.34. The molecule has 0 amide bonds. The van der Waals surface area contributed by atoms with Gasteiger partial charge >= 0.3 is 5.97 Å². The van der Waals surface area contributed by atoms with Crippen molar-refractivity contribution in [2.75, 3.05) is 33.3 Å². The number of carbonyl (C=O) groups is 1. The Morgan fingerprint density at radius 2 is 2.10 bits per heavy atom. The molecule has 1 aromatic carbocycles. The van der Waals surface area contributed by atoms with E-state index >= 15 is 0 Å². The highest BCUT2D eigenvalue weighted by Crippen LogP contribution is 2.25. The van der Waals surface area contributed by atoms with Gasteiger partial charge in [-0.1, -0.05) is 18.2 Å². The van der Waals surface area contributed by atoms with E-state index in [1.54, 1.807) is 18.2 Å². The summed E-state index contributed by atoms with van der Waals surface area (Å²) in [6.45, 7) is 3.17. The van der Waals surface area contributed by atoms with E-state index < -0.39 is 12.0 Å². The van der Waals surface area contributed by atoms with Crippen LogP contribution in [0.2, 0.25) is 0 Å². The first-order valence-corrected chi connectivity index (χ1v) is 6.51. The van der Waals surface area contributed by atoms with E-state index in [0.717, 1.165) is 26.1 Å². The Hall–Kier alpha value is -1.17. The van der Waals surface area contributed by atoms with Gasteiger partial charge in [-0.3, -0.25) is 4.90 Å². The highest BCUT2D eigenvalue weighted by Gasteiger charge is 2.30. The molecule has 1 aromatic rings. The Morgan fingerprint density at radius 1 is 1.35 bits per heavy atom. The van der Waals surface area contributed by atoms with Gasteiger partial charge in [-0.2, -0.15) is 0 Å². The van der Waals surface area contributed by atoms with Crippen molar-refractivity contribution in [2.45, 2.75) is 12.5 Å². The van der Waals surface area contributed by atoms with E-state index in [2.05, 4.69) is 5.32 Å². The second-order valence-corrected chi connectivity index (χ2v) is 4.59. The minimum absolute atomic E-state index is 0. The van der Waals surface area contributed by atoms with Crippen molar-refractivity contribution < 1.29 is 13.9 Å². The number of halogens is 2. The summed E-state index contributed by atoms with van der Waals surface area (Å²) >= 11 is 0. The average molecular weight is 303 g/mol. The van der Waals surface area contributed by atoms with Gasteiger partial charge in [-0.25, -0.2) is 9.18 Å². The molecule has 1 saturated heterocycles. The first kappa shape index (κ1) is 16.9. The van der Waals surface area contributed by atoms with E-state index in [9.17, 15) is 9.18 Å². The molecule has 0 bridgehead atoms. The number of carbonyl (C=O) groups excluding carboxylic acids is 1. The van der Waals surface area contributed by atoms with E-state index in [0.29, 0.717) is 12.1 Å². The van der Waals surface area contributed by atoms with Crippen LogP contribution in [0.4, 0.5) is 4.39 Å². The van der Waals surface area contributed by atoms with Crippen LogP contribution in [0.3, 0.4) is 0 Å². The van der Waals surface area contributed by atoms with Gasteiger partial charge in [0.15, 0.2) is 0 Å². The molecular formula is C14H20ClFN2O2. The molecule has 20 heavy (non-hydrogen) atoms. The Bertz CT molecular complexity index is 437. The van der Waals surface area contributed by atoms with Crippen molar-refractivity contribution in [3.8, 4) is 0 Å². The molecule has 0 saturated carbocycles. The van der Waals surface area contributed by atoms with Crippen LogP contribution < -0.4 is 5.32 Å². The molecule has 1 fully saturated rings. The zero-order valence-corrected chi connectivity index (χ0v) is 12.3. The molecule has 2 rings (SSSR count). The zero-order valence-electron chi connectivity index (χ0n) is 11.5. The van der Waals surface area contributed by atoms with E-state index in [-0.39, 0.29) is 18.2 Å². The van der Waals surface area contributed by atoms with Crippen molar-refractivity contribution in [3.63, 3.8) is 0 Å². The van der Waals surface area contributed by atoms with Gasteiger partial charge in [0.1, 0.15) is 11.9 Å². The predicted molar refractivity (Wildman–Crippen MR) is 77.5 cm³/mol. The predicted octanol–water partition coefficient (Wildman–Crippen LogP) is 1.76. The molecular weight excluding hydrogens is 283 g/mol. The van der Waals surface area contributed by atoms with Gasteiger partial charge in [-0.05, 0) is 19.0 Å². The van der Waals surface area contributed by atoms with Crippen LogP contribution in [0.5, 0.6) is 0 Å². The molecule has 1 unspecified atom stereocenters. The standard InChI is InChI=1S/C14H19FN2O2.ClH/c1-19-14(18)13(11-5-2-3-6-12(11)15)17-9-4-7-16-8-10-17;/h2-3,5-6,13,16H,4,7-10H2,1H3;1H. The summed E-state index contributed by atoms with van der Waals surface area (Å²) in [5.74, 6) is -0.776. The van der Waals surface area contributed by atoms with E-state index in [1.807, 2.05) is 4.90 Å². The monoisotopic (exact) mass is 302 g/mol. The van der Waals surface area contributed by atoms with Gasteiger partial charge in [0.25, 0.3) is 0 Å². The number of ether oxygens (including phenoxy) is 1. The van der Waals surface area contributed by atoms with E-state index in [1.165, 1.54) is 13.2 Å². The third-order valence-corrected chi connectivity index (χ3v) is 3.36. The van der Waals surface area contributed by atoms with Crippen LogP contribution in [0.25, 0.3) is 0 Å². The van der Waals surface area contributed by atoms with Gasteiger partial charge in [0.2, 0.25) is 0 Å². The first-order valence-electron chi connectivity index (χ1n) is 6.51. The molecule has 1 aliphatic rings. The second kappa shape index (κ2) is 8.19. The highest BCUT2D eigenvalue weighted by molar-refractivity contribution is 5.85. The number of esters is 1. The Balaban J connectivity index is 0.00000200. The van der Waals surface area contributed by atoms with Gasteiger partial charge in [0.05, 0.1) is 7.11 Å². The van der Waals surface area contributed by atoms with Gasteiger partial charge in [0, 0.05) is 25.2 Å². The lowest BCUT2D eigenvalue weighted by molar-refractivity contribution is -0.147. The summed E-state index contributed by atoms with van der Waals surface area (Å²) in [6, 6.07) is 5.73. The smallest absolute Gasteiger partial charge is 0.327 e. The third-order valence-electron chi connectivity index (χ3n) is 3.36. The summed E-state index contributed by atoms with van der Waals surface area (Å²) < 4.78 is 18.8. The SMILES string of the molecule is COC(=O)C(c1ccccc1F)N1CCCNCC1.Cl. The topological polar surface area (TPSA) is 41.6 Å². The molecule has 0 aliphatic carbocycles. The van der Waals surface area contributed by atoms with Crippen LogP contribution in [0, 0.1) is 5.82 Å². The van der Waals surface area contributed by atoms with Crippen LogP contribution in [-0.2, 0) is 9.53 Å². The van der Waals surface area contributed by atoms with Crippen molar-refractivity contribution in [2.24, 2.45) is 0 Å². The number of rotatable bonds is 3. The molecule has 4 nitrogen and oxygen atoms in total. The molecule has 0 spiro atoms. The number of nitrogens with zero attached hydrogens (tertiary/aromatic N) is 1. The van der Waals surface area contributed by atoms with Crippen LogP contribution in [0.1, 0.15) is 18.0 Å². The fourth-order valence-electron chi connectivity index (χ4n) is 2.41. The fourth-order valence-corrected chi connectivity index (χ4v) is 2.41. The maximum Gasteiger partial charge on any atom is 0.327 e. The Kier molecular flexibility index (Phi) is 6.91. The Morgan fingerprint density at radius 3 is 2.80 bits per heavy atom. The van der Waals surface area contributed by atoms with Crippen molar-refractivity contribution in [1.82, 2.24) is 10.2 Å². The van der Waals surface area contributed by atoms with E-state index in [4.69, 9.17) is 4.74 Å². The molecule has 1 N–H and O–H groups in total. The third kappa shape index (κ3) is 3.91. The lowest BCUT2D eigenvalue weighted by Gasteiger charge is -2.28. The normalized spacial score (nSPS) is 17.7. The summed E-state index contributed by atoms with van der Waals surface area (Å²) in [5.41, 5.74) is 0.385. The number of hydrogen-bond donors (Lipinski definition) is 1. The molecule has 1 aliphatic heterocycles. The molecule has 0 aromatic heterocycles. The molecule has 1 heterocycles. The summed E-state index contributed by atoms with van der Waals surface area (Å²) in [6.07, 6.45) is 0.932. The van der Waals surface area contributed by atoms with Crippen molar-refractivity contribution >= 4 is 18.4 Å². The molecule has 1 atom stereocenters. The average Bonchev–Trinajstić information content (AvgIpc) is 2.70. The maximum absolute atomic E-state index is 13.9. The fraction of sp³-hybridized carbons (Fsp3) is 0.500. The number of methoxy groups -OCH3 is 1. The first-order chi connectivity index (χ1) is 9.24. The van der Waals surface area contributed by atoms with Crippen molar-refractivity contribution in [3.05, 3.63) is 35.6 Å². The number of nitrogens with one attached hydrogen (secondary N) is 1. The number of benzene rings is 1. The second-order valence-electron chi connectivity index (χ2n) is 4.59. The Labute approximate surface area is 124 Å². The van der Waals surface area contributed by atoms with Gasteiger partial charge < -0.3 is 10.1 Å². The highest BCUT2D eigenvalue weighted by atomic mass is 35.5. The largest absolute Gasteiger partial charge is 0.468 e.